The summed E-state index contributed by atoms with van der Waals surface area (Å²) in [5, 5.41) is 2.80. The second-order valence-corrected chi connectivity index (χ2v) is 9.07. The van der Waals surface area contributed by atoms with Crippen molar-refractivity contribution < 1.29 is 17.9 Å². The van der Waals surface area contributed by atoms with Crippen molar-refractivity contribution in [2.75, 3.05) is 33.0 Å². The minimum absolute atomic E-state index is 0.0352. The maximum absolute atomic E-state index is 12.0. The van der Waals surface area contributed by atoms with Gasteiger partial charge in [-0.3, -0.25) is 4.79 Å². The highest BCUT2D eigenvalue weighted by atomic mass is 32.2. The van der Waals surface area contributed by atoms with Gasteiger partial charge in [-0.1, -0.05) is 30.3 Å². The molecule has 1 amide bonds. The summed E-state index contributed by atoms with van der Waals surface area (Å²) in [7, 11) is -0.467. The third-order valence-electron chi connectivity index (χ3n) is 3.64. The minimum atomic E-state index is -3.44. The summed E-state index contributed by atoms with van der Waals surface area (Å²) < 4.78 is 30.7. The topological polar surface area (TPSA) is 75.7 Å². The smallest absolute Gasteiger partial charge is 0.242 e. The highest BCUT2D eigenvalue weighted by molar-refractivity contribution is 7.99. The average molecular weight is 409 g/mol. The van der Waals surface area contributed by atoms with Crippen LogP contribution in [0.1, 0.15) is 5.56 Å². The molecule has 1 N–H and O–H groups in total. The molecular formula is C19H24N2O4S2. The van der Waals surface area contributed by atoms with Crippen LogP contribution in [0.2, 0.25) is 0 Å². The number of carbonyl (C=O) groups excluding carboxylic acids is 1. The molecule has 0 saturated carbocycles. The highest BCUT2D eigenvalue weighted by Gasteiger charge is 2.16. The quantitative estimate of drug-likeness (QED) is 0.611. The standard InChI is InChI=1S/C19H24N2O4S2/c1-21(2)27(23,24)18-10-8-17(9-11-18)25-13-12-20-19(22)15-26-14-16-6-4-3-5-7-16/h3-11H,12-15H2,1-2H3,(H,20,22). The first kappa shape index (κ1) is 21.3. The van der Waals surface area contributed by atoms with E-state index in [-0.39, 0.29) is 10.8 Å². The Balaban J connectivity index is 1.65. The van der Waals surface area contributed by atoms with Crippen LogP contribution in [0.3, 0.4) is 0 Å². The molecular weight excluding hydrogens is 384 g/mol. The van der Waals surface area contributed by atoms with Crippen LogP contribution in [0.15, 0.2) is 59.5 Å². The van der Waals surface area contributed by atoms with E-state index >= 15 is 0 Å². The van der Waals surface area contributed by atoms with Gasteiger partial charge in [0.1, 0.15) is 12.4 Å². The van der Waals surface area contributed by atoms with Gasteiger partial charge in [-0.25, -0.2) is 12.7 Å². The Bertz CT molecular complexity index is 823. The van der Waals surface area contributed by atoms with Gasteiger partial charge in [0.05, 0.1) is 17.2 Å². The predicted molar refractivity (Wildman–Crippen MR) is 108 cm³/mol. The van der Waals surface area contributed by atoms with Crippen LogP contribution in [-0.2, 0) is 20.6 Å². The number of benzene rings is 2. The molecule has 2 aromatic carbocycles. The van der Waals surface area contributed by atoms with Crippen molar-refractivity contribution in [1.82, 2.24) is 9.62 Å². The number of carbonyl (C=O) groups is 1. The van der Waals surface area contributed by atoms with E-state index in [0.29, 0.717) is 24.7 Å². The third-order valence-corrected chi connectivity index (χ3v) is 6.47. The molecule has 0 unspecified atom stereocenters. The molecule has 27 heavy (non-hydrogen) atoms. The van der Waals surface area contributed by atoms with Gasteiger partial charge in [-0.05, 0) is 29.8 Å². The maximum Gasteiger partial charge on any atom is 0.242 e. The number of amides is 1. The van der Waals surface area contributed by atoms with E-state index in [0.717, 1.165) is 10.1 Å². The summed E-state index contributed by atoms with van der Waals surface area (Å²) in [6.45, 7) is 0.706. The van der Waals surface area contributed by atoms with Gasteiger partial charge in [0.15, 0.2) is 0 Å². The van der Waals surface area contributed by atoms with Gasteiger partial charge in [0.25, 0.3) is 0 Å². The van der Waals surface area contributed by atoms with E-state index in [2.05, 4.69) is 5.32 Å². The molecule has 0 aromatic heterocycles. The van der Waals surface area contributed by atoms with Gasteiger partial charge < -0.3 is 10.1 Å². The van der Waals surface area contributed by atoms with Crippen LogP contribution in [0.5, 0.6) is 5.75 Å². The number of nitrogens with one attached hydrogen (secondary N) is 1. The Morgan fingerprint density at radius 3 is 2.37 bits per heavy atom. The molecule has 0 aliphatic carbocycles. The second-order valence-electron chi connectivity index (χ2n) is 5.94. The first-order valence-corrected chi connectivity index (χ1v) is 11.0. The molecule has 0 aliphatic heterocycles. The lowest BCUT2D eigenvalue weighted by atomic mass is 10.2. The first-order chi connectivity index (χ1) is 12.9. The van der Waals surface area contributed by atoms with Crippen molar-refractivity contribution in [1.29, 1.82) is 0 Å². The lowest BCUT2D eigenvalue weighted by Gasteiger charge is -2.12. The Hall–Kier alpha value is -2.03. The zero-order valence-electron chi connectivity index (χ0n) is 15.4. The number of hydrogen-bond acceptors (Lipinski definition) is 5. The third kappa shape index (κ3) is 6.89. The van der Waals surface area contributed by atoms with Crippen molar-refractivity contribution >= 4 is 27.7 Å². The lowest BCUT2D eigenvalue weighted by Crippen LogP contribution is -2.29. The minimum Gasteiger partial charge on any atom is -0.492 e. The van der Waals surface area contributed by atoms with Crippen LogP contribution in [0, 0.1) is 0 Å². The number of thioether (sulfide) groups is 1. The molecule has 0 spiro atoms. The zero-order chi connectivity index (χ0) is 19.7. The molecule has 0 heterocycles. The van der Waals surface area contributed by atoms with Crippen molar-refractivity contribution in [2.45, 2.75) is 10.6 Å². The van der Waals surface area contributed by atoms with Crippen LogP contribution >= 0.6 is 11.8 Å². The van der Waals surface area contributed by atoms with Crippen LogP contribution < -0.4 is 10.1 Å². The molecule has 0 fully saturated rings. The normalized spacial score (nSPS) is 11.4. The summed E-state index contributed by atoms with van der Waals surface area (Å²) in [5.41, 5.74) is 1.19. The molecule has 146 valence electrons. The SMILES string of the molecule is CN(C)S(=O)(=O)c1ccc(OCCNC(=O)CSCc2ccccc2)cc1. The van der Waals surface area contributed by atoms with E-state index in [4.69, 9.17) is 4.74 Å². The van der Waals surface area contributed by atoms with Crippen molar-refractivity contribution in [3.8, 4) is 5.75 Å². The van der Waals surface area contributed by atoms with E-state index in [1.54, 1.807) is 23.9 Å². The molecule has 0 atom stereocenters. The number of rotatable bonds is 10. The Labute approximate surface area is 165 Å². The van der Waals surface area contributed by atoms with Gasteiger partial charge in [-0.15, -0.1) is 11.8 Å². The van der Waals surface area contributed by atoms with Gasteiger partial charge in [-0.2, -0.15) is 0 Å². The zero-order valence-corrected chi connectivity index (χ0v) is 17.1. The number of nitrogens with zero attached hydrogens (tertiary/aromatic N) is 1. The van der Waals surface area contributed by atoms with Crippen LogP contribution in [0.4, 0.5) is 0 Å². The van der Waals surface area contributed by atoms with Crippen molar-refractivity contribution in [2.24, 2.45) is 0 Å². The highest BCUT2D eigenvalue weighted by Crippen LogP contribution is 2.18. The predicted octanol–water partition coefficient (Wildman–Crippen LogP) is 2.37. The fourth-order valence-electron chi connectivity index (χ4n) is 2.16. The molecule has 2 aromatic rings. The van der Waals surface area contributed by atoms with E-state index in [1.165, 1.54) is 31.8 Å². The van der Waals surface area contributed by atoms with Crippen LogP contribution in [0.25, 0.3) is 0 Å². The Morgan fingerprint density at radius 2 is 1.74 bits per heavy atom. The Kier molecular flexibility index (Phi) is 8.15. The fraction of sp³-hybridized carbons (Fsp3) is 0.316. The van der Waals surface area contributed by atoms with E-state index in [1.807, 2.05) is 30.3 Å². The number of hydrogen-bond donors (Lipinski definition) is 1. The van der Waals surface area contributed by atoms with Gasteiger partial charge >= 0.3 is 0 Å². The molecule has 0 saturated heterocycles. The summed E-state index contributed by atoms with van der Waals surface area (Å²) in [6, 6.07) is 16.2. The lowest BCUT2D eigenvalue weighted by molar-refractivity contribution is -0.118. The number of sulfonamides is 1. The summed E-state index contributed by atoms with van der Waals surface area (Å²) >= 11 is 1.56. The molecule has 6 nitrogen and oxygen atoms in total. The fourth-order valence-corrected chi connectivity index (χ4v) is 3.88. The van der Waals surface area contributed by atoms with Gasteiger partial charge in [0.2, 0.25) is 15.9 Å². The Morgan fingerprint density at radius 1 is 1.07 bits per heavy atom. The maximum atomic E-state index is 12.0. The summed E-state index contributed by atoms with van der Waals surface area (Å²) in [5.74, 6) is 1.71. The molecule has 8 heteroatoms. The second kappa shape index (κ2) is 10.3. The molecule has 0 bridgehead atoms. The molecule has 2 rings (SSSR count). The summed E-state index contributed by atoms with van der Waals surface area (Å²) in [6.07, 6.45) is 0. The number of ether oxygens (including phenoxy) is 1. The van der Waals surface area contributed by atoms with Gasteiger partial charge in [0, 0.05) is 19.8 Å². The van der Waals surface area contributed by atoms with Crippen molar-refractivity contribution in [3.05, 3.63) is 60.2 Å². The average Bonchev–Trinajstić information content (AvgIpc) is 2.66. The van der Waals surface area contributed by atoms with Crippen molar-refractivity contribution in [3.63, 3.8) is 0 Å². The largest absolute Gasteiger partial charge is 0.492 e. The summed E-state index contributed by atoms with van der Waals surface area (Å²) in [4.78, 5) is 12.0. The molecule has 0 radical (unpaired) electrons. The molecule has 0 aliphatic rings. The monoisotopic (exact) mass is 408 g/mol. The van der Waals surface area contributed by atoms with E-state index in [9.17, 15) is 13.2 Å². The first-order valence-electron chi connectivity index (χ1n) is 8.43. The van der Waals surface area contributed by atoms with E-state index < -0.39 is 10.0 Å². The van der Waals surface area contributed by atoms with Crippen LogP contribution in [-0.4, -0.2) is 51.6 Å².